The number of carbonyl (C=O) groups excluding carboxylic acids is 2. The van der Waals surface area contributed by atoms with Gasteiger partial charge in [-0.2, -0.15) is 70.6 Å². The van der Waals surface area contributed by atoms with Crippen molar-refractivity contribution in [1.82, 2.24) is 29.4 Å². The fourth-order valence-corrected chi connectivity index (χ4v) is 14.6. The number of methoxy groups -OCH3 is 1. The number of ether oxygens (including phenoxy) is 2. The van der Waals surface area contributed by atoms with Gasteiger partial charge in [0.1, 0.15) is 6.04 Å². The molecule has 1 aromatic carbocycles. The molecule has 0 radical (unpaired) electrons. The van der Waals surface area contributed by atoms with E-state index in [-0.39, 0.29) is 50.5 Å². The zero-order chi connectivity index (χ0) is 68.1. The fourth-order valence-electron chi connectivity index (χ4n) is 8.49. The number of likely N-dealkylation sites (tertiary alicyclic amines) is 2. The minimum atomic E-state index is -0.276. The smallest absolute Gasteiger partial charge is 0.323 e. The van der Waals surface area contributed by atoms with Crippen LogP contribution in [0.3, 0.4) is 0 Å². The third kappa shape index (κ3) is 67.4. The lowest BCUT2D eigenvalue weighted by Gasteiger charge is -2.32. The summed E-state index contributed by atoms with van der Waals surface area (Å²) in [4.78, 5) is 37.7. The van der Waals surface area contributed by atoms with Gasteiger partial charge in [-0.05, 0) is 66.5 Å². The topological polar surface area (TPSA) is 72.0 Å². The predicted molar refractivity (Wildman–Crippen MR) is 422 cm³/mol. The molecule has 0 spiro atoms. The molecule has 0 aromatic heterocycles. The Labute approximate surface area is 600 Å². The van der Waals surface area contributed by atoms with Gasteiger partial charge in [-0.15, -0.1) is 0 Å². The molecule has 11 nitrogen and oxygen atoms in total. The Hall–Kier alpha value is 0.430. The lowest BCUT2D eigenvalue weighted by molar-refractivity contribution is -0.867. The summed E-state index contributed by atoms with van der Waals surface area (Å²) >= 11 is 12.2. The Balaban J connectivity index is -0.000000316. The first-order chi connectivity index (χ1) is 40.2. The van der Waals surface area contributed by atoms with Crippen molar-refractivity contribution in [2.24, 2.45) is 5.41 Å². The molecule has 4 saturated heterocycles. The second kappa shape index (κ2) is 51.6. The number of thioether (sulfide) groups is 6. The van der Waals surface area contributed by atoms with Gasteiger partial charge < -0.3 is 41.1 Å². The summed E-state index contributed by atoms with van der Waals surface area (Å²) in [6.07, 6.45) is 4.90. The summed E-state index contributed by atoms with van der Waals surface area (Å²) in [5.41, 5.74) is 0.520. The van der Waals surface area contributed by atoms with Crippen LogP contribution in [-0.4, -0.2) is 275 Å². The van der Waals surface area contributed by atoms with E-state index in [0.29, 0.717) is 28.5 Å². The predicted octanol–water partition coefficient (Wildman–Crippen LogP) is 13.9. The molecule has 4 aliphatic rings. The standard InChI is InChI=1S/C12H23NO2S.C11H24N2S.C11H14O.C10H21NOS.C10H21NS.C9H22NS.C8H19NS.2CH4.ClH/c1-12(2,3)16-9-8-13-7-5-6-10(13)11(14)15-4;1-11(2,3)14-10-9-13-7-5-12(4)6-8-13;1-11(2,3)10(12)9-7-5-4-6-8-9;1-10(2,3)13-9-6-11-4-7-12-8-5-11;1-10(2,3)12-9-8-11-6-4-5-7-11;1-9(2,3)11-8-7-10(4,5)6;1-8(2,3)10-7-6-9(4)5;;;/h10H,5-9H2,1-4H3;5-10H2,1-4H3;4-8H,1-3H3;4-9H2,1-3H3;4-9H2,1-3H3;7-8H2,1-6H3;6-7H2,1-5H3;2*1H4;1H/q;;;;;+1;;;;/p-1. The van der Waals surface area contributed by atoms with Crippen molar-refractivity contribution in [2.75, 3.05) is 195 Å². The molecule has 0 saturated carbocycles. The van der Waals surface area contributed by atoms with E-state index >= 15 is 0 Å². The third-order valence-corrected chi connectivity index (χ3v) is 21.1. The van der Waals surface area contributed by atoms with E-state index in [1.54, 1.807) is 0 Å². The lowest BCUT2D eigenvalue weighted by Crippen LogP contribution is -3.00. The highest BCUT2D eigenvalue weighted by Crippen LogP contribution is 2.28. The van der Waals surface area contributed by atoms with E-state index in [4.69, 9.17) is 9.47 Å². The second-order valence-corrected chi connectivity index (χ2v) is 43.4. The molecular formula is C73H152ClN7O4S6. The van der Waals surface area contributed by atoms with Crippen molar-refractivity contribution in [1.29, 1.82) is 0 Å². The summed E-state index contributed by atoms with van der Waals surface area (Å²) in [6, 6.07) is 9.41. The Morgan fingerprint density at radius 3 is 1.24 bits per heavy atom. The monoisotopic (exact) mass is 1420 g/mol. The van der Waals surface area contributed by atoms with Gasteiger partial charge in [-0.1, -0.05) is 191 Å². The van der Waals surface area contributed by atoms with Gasteiger partial charge in [-0.3, -0.25) is 24.3 Å². The Kier molecular flexibility index (Phi) is 56.7. The number of ketones is 1. The van der Waals surface area contributed by atoms with Crippen LogP contribution in [0, 0.1) is 5.41 Å². The normalized spacial score (nSPS) is 17.4. The number of morpholine rings is 1. The average Bonchev–Trinajstić information content (AvgIpc) is 2.82. The van der Waals surface area contributed by atoms with Gasteiger partial charge in [-0.25, -0.2) is 0 Å². The first-order valence-electron chi connectivity index (χ1n) is 33.3. The van der Waals surface area contributed by atoms with E-state index in [2.05, 4.69) is 220 Å². The number of rotatable bonds is 20. The molecule has 0 aliphatic carbocycles. The van der Waals surface area contributed by atoms with E-state index in [1.165, 1.54) is 121 Å². The molecule has 1 aromatic rings. The number of hydrogen-bond acceptors (Lipinski definition) is 16. The quantitative estimate of drug-likeness (QED) is 0.0706. The third-order valence-electron chi connectivity index (χ3n) is 13.6. The summed E-state index contributed by atoms with van der Waals surface area (Å²) in [6.45, 7) is 66.6. The van der Waals surface area contributed by atoms with Crippen LogP contribution >= 0.6 is 70.6 Å². The number of esters is 1. The Morgan fingerprint density at radius 1 is 0.516 bits per heavy atom. The maximum atomic E-state index is 11.7. The van der Waals surface area contributed by atoms with Gasteiger partial charge in [0, 0.05) is 146 Å². The van der Waals surface area contributed by atoms with Crippen molar-refractivity contribution >= 4 is 82.3 Å². The molecule has 546 valence electrons. The van der Waals surface area contributed by atoms with Crippen LogP contribution in [0.25, 0.3) is 0 Å². The zero-order valence-electron chi connectivity index (χ0n) is 63.1. The molecule has 91 heavy (non-hydrogen) atoms. The molecule has 4 heterocycles. The summed E-state index contributed by atoms with van der Waals surface area (Å²) < 4.78 is 13.6. The van der Waals surface area contributed by atoms with Gasteiger partial charge in [0.05, 0.1) is 48.0 Å². The van der Waals surface area contributed by atoms with Crippen molar-refractivity contribution in [3.05, 3.63) is 35.9 Å². The summed E-state index contributed by atoms with van der Waals surface area (Å²) in [5, 5.41) is 0. The van der Waals surface area contributed by atoms with E-state index in [1.807, 2.05) is 98.2 Å². The number of halogens is 1. The van der Waals surface area contributed by atoms with Gasteiger partial charge >= 0.3 is 5.97 Å². The second-order valence-electron chi connectivity index (χ2n) is 31.9. The number of hydrogen-bond donors (Lipinski definition) is 0. The molecule has 0 N–H and O–H groups in total. The molecular weight excluding hydrogens is 1270 g/mol. The molecule has 18 heteroatoms. The molecule has 0 bridgehead atoms. The van der Waals surface area contributed by atoms with Gasteiger partial charge in [0.15, 0.2) is 5.78 Å². The van der Waals surface area contributed by atoms with Crippen LogP contribution in [0.4, 0.5) is 0 Å². The van der Waals surface area contributed by atoms with Gasteiger partial charge in [0.2, 0.25) is 0 Å². The highest BCUT2D eigenvalue weighted by Gasteiger charge is 2.31. The first kappa shape index (κ1) is 100. The molecule has 4 aliphatic heterocycles. The number of benzene rings is 1. The van der Waals surface area contributed by atoms with Crippen LogP contribution in [0.5, 0.6) is 0 Å². The number of Topliss-reactive ketones (excluding diaryl/α,β-unsaturated/α-hetero) is 1. The van der Waals surface area contributed by atoms with Crippen LogP contribution in [-0.2, 0) is 14.3 Å². The molecule has 4 fully saturated rings. The highest BCUT2D eigenvalue weighted by molar-refractivity contribution is 8.01. The highest BCUT2D eigenvalue weighted by atomic mass is 35.5. The van der Waals surface area contributed by atoms with E-state index < -0.39 is 0 Å². The summed E-state index contributed by atoms with van der Waals surface area (Å²) in [5.74, 6) is 7.50. The SMILES string of the molecule is C.C.CC(C)(C)C(=O)c1ccccc1.CC(C)(C)SCCN1CCCC1.CC(C)(C)SCCN1CCOCC1.CC(C)(C)SCC[N+](C)(C)C.CN(C)CCSC(C)(C)C.CN1CCN(CCSC(C)(C)C)CC1.COC(=O)C1CCCN1CCSC(C)(C)C.[Cl-]. The van der Waals surface area contributed by atoms with Crippen molar-refractivity contribution in [2.45, 2.75) is 220 Å². The molecule has 0 amide bonds. The van der Waals surface area contributed by atoms with Crippen LogP contribution in [0.15, 0.2) is 30.3 Å². The van der Waals surface area contributed by atoms with Crippen molar-refractivity contribution in [3.8, 4) is 0 Å². The zero-order valence-corrected chi connectivity index (χ0v) is 68.8. The maximum absolute atomic E-state index is 11.7. The number of likely N-dealkylation sites (N-methyl/N-ethyl adjacent to an activating group) is 1. The number of nitrogens with zero attached hydrogens (tertiary/aromatic N) is 7. The Bertz CT molecular complexity index is 1850. The van der Waals surface area contributed by atoms with E-state index in [0.717, 1.165) is 68.0 Å². The maximum Gasteiger partial charge on any atom is 0.323 e. The van der Waals surface area contributed by atoms with Crippen LogP contribution < -0.4 is 12.4 Å². The van der Waals surface area contributed by atoms with Crippen molar-refractivity contribution in [3.63, 3.8) is 0 Å². The van der Waals surface area contributed by atoms with E-state index in [9.17, 15) is 9.59 Å². The largest absolute Gasteiger partial charge is 1.00 e. The lowest BCUT2D eigenvalue weighted by atomic mass is 9.87. The van der Waals surface area contributed by atoms with Crippen molar-refractivity contribution < 1.29 is 36.0 Å². The first-order valence-corrected chi connectivity index (χ1v) is 39.3. The molecule has 1 atom stereocenters. The minimum absolute atomic E-state index is 0. The average molecular weight is 1420 g/mol. The van der Waals surface area contributed by atoms with Crippen LogP contribution in [0.2, 0.25) is 0 Å². The number of piperazine rings is 1. The fraction of sp³-hybridized carbons (Fsp3) is 0.890. The van der Waals surface area contributed by atoms with Gasteiger partial charge in [0.25, 0.3) is 0 Å². The summed E-state index contributed by atoms with van der Waals surface area (Å²) in [7, 11) is 14.6. The minimum Gasteiger partial charge on any atom is -1.00 e. The Morgan fingerprint density at radius 2 is 0.879 bits per heavy atom. The number of quaternary nitrogens is 1. The number of carbonyl (C=O) groups is 2. The molecule has 5 rings (SSSR count). The molecule has 1 unspecified atom stereocenters. The van der Waals surface area contributed by atoms with Crippen LogP contribution in [0.1, 0.15) is 196 Å².